The first-order valence-electron chi connectivity index (χ1n) is 6.02. The van der Waals surface area contributed by atoms with Gasteiger partial charge in [-0.1, -0.05) is 19.0 Å². The van der Waals surface area contributed by atoms with Gasteiger partial charge < -0.3 is 10.3 Å². The number of hydrogen-bond acceptors (Lipinski definition) is 4. The molecular weight excluding hydrogens is 313 g/mol. The van der Waals surface area contributed by atoms with Gasteiger partial charge in [-0.3, -0.25) is 0 Å². The summed E-state index contributed by atoms with van der Waals surface area (Å²) in [5.74, 6) is 0.930. The minimum atomic E-state index is -0.323. The second-order valence-electron chi connectivity index (χ2n) is 4.82. The van der Waals surface area contributed by atoms with Crippen LogP contribution < -0.4 is 5.73 Å². The average Bonchev–Trinajstić information content (AvgIpc) is 2.77. The van der Waals surface area contributed by atoms with Crippen molar-refractivity contribution in [1.29, 1.82) is 0 Å². The Hall–Kier alpha value is -1.27. The van der Waals surface area contributed by atoms with Gasteiger partial charge in [-0.25, -0.2) is 4.39 Å². The Morgan fingerprint density at radius 1 is 1.42 bits per heavy atom. The van der Waals surface area contributed by atoms with Gasteiger partial charge in [0.05, 0.1) is 6.04 Å². The summed E-state index contributed by atoms with van der Waals surface area (Å²) in [6, 6.07) is 4.03. The van der Waals surface area contributed by atoms with Gasteiger partial charge in [0.15, 0.2) is 0 Å². The van der Waals surface area contributed by atoms with Crippen molar-refractivity contribution in [3.63, 3.8) is 0 Å². The summed E-state index contributed by atoms with van der Waals surface area (Å²) in [6.07, 6.45) is 0.770. The Bertz CT molecular complexity index is 571. The Morgan fingerprint density at radius 3 is 2.79 bits per heavy atom. The highest BCUT2D eigenvalue weighted by molar-refractivity contribution is 9.10. The Kier molecular flexibility index (Phi) is 4.31. The zero-order chi connectivity index (χ0) is 14.0. The van der Waals surface area contributed by atoms with Crippen LogP contribution >= 0.6 is 15.9 Å². The third-order valence-corrected chi connectivity index (χ3v) is 3.31. The van der Waals surface area contributed by atoms with Crippen molar-refractivity contribution in [3.05, 3.63) is 34.4 Å². The van der Waals surface area contributed by atoms with Crippen molar-refractivity contribution in [3.8, 4) is 11.4 Å². The van der Waals surface area contributed by atoms with Crippen LogP contribution in [-0.2, 0) is 0 Å². The topological polar surface area (TPSA) is 64.9 Å². The van der Waals surface area contributed by atoms with Gasteiger partial charge in [0.1, 0.15) is 5.82 Å². The Labute approximate surface area is 119 Å². The summed E-state index contributed by atoms with van der Waals surface area (Å²) in [5.41, 5.74) is 6.66. The molecule has 0 amide bonds. The van der Waals surface area contributed by atoms with Crippen LogP contribution in [0.25, 0.3) is 11.4 Å². The zero-order valence-corrected chi connectivity index (χ0v) is 12.3. The van der Waals surface area contributed by atoms with E-state index in [1.807, 2.05) is 0 Å². The quantitative estimate of drug-likeness (QED) is 0.930. The molecule has 4 nitrogen and oxygen atoms in total. The Balaban J connectivity index is 2.25. The minimum Gasteiger partial charge on any atom is -0.337 e. The van der Waals surface area contributed by atoms with Crippen molar-refractivity contribution < 1.29 is 8.91 Å². The van der Waals surface area contributed by atoms with Crippen LogP contribution in [-0.4, -0.2) is 10.1 Å². The molecule has 1 aromatic heterocycles. The predicted octanol–water partition coefficient (Wildman–Crippen LogP) is 3.68. The number of nitrogens with zero attached hydrogens (tertiary/aromatic N) is 2. The van der Waals surface area contributed by atoms with E-state index in [9.17, 15) is 4.39 Å². The van der Waals surface area contributed by atoms with Crippen LogP contribution in [0.2, 0.25) is 0 Å². The maximum Gasteiger partial charge on any atom is 0.243 e. The molecule has 0 spiro atoms. The van der Waals surface area contributed by atoms with E-state index in [0.717, 1.165) is 6.42 Å². The number of hydrogen-bond donors (Lipinski definition) is 1. The van der Waals surface area contributed by atoms with Crippen molar-refractivity contribution >= 4 is 15.9 Å². The van der Waals surface area contributed by atoms with Crippen LogP contribution in [0.4, 0.5) is 4.39 Å². The van der Waals surface area contributed by atoms with Gasteiger partial charge in [0.25, 0.3) is 0 Å². The second kappa shape index (κ2) is 5.79. The van der Waals surface area contributed by atoms with Gasteiger partial charge in [0.2, 0.25) is 11.7 Å². The third kappa shape index (κ3) is 3.39. The lowest BCUT2D eigenvalue weighted by atomic mass is 10.0. The van der Waals surface area contributed by atoms with Crippen LogP contribution in [0, 0.1) is 11.7 Å². The summed E-state index contributed by atoms with van der Waals surface area (Å²) in [7, 11) is 0. The molecule has 2 aromatic rings. The van der Waals surface area contributed by atoms with E-state index in [4.69, 9.17) is 10.3 Å². The molecule has 0 saturated carbocycles. The van der Waals surface area contributed by atoms with E-state index in [2.05, 4.69) is 39.9 Å². The number of benzene rings is 1. The molecule has 2 N–H and O–H groups in total. The molecule has 0 saturated heterocycles. The monoisotopic (exact) mass is 327 g/mol. The van der Waals surface area contributed by atoms with Gasteiger partial charge in [0, 0.05) is 10.0 Å². The molecule has 0 bridgehead atoms. The largest absolute Gasteiger partial charge is 0.337 e. The number of nitrogens with two attached hydrogens (primary N) is 1. The summed E-state index contributed by atoms with van der Waals surface area (Å²) in [6.45, 7) is 4.15. The second-order valence-corrected chi connectivity index (χ2v) is 5.67. The summed E-state index contributed by atoms with van der Waals surface area (Å²) in [4.78, 5) is 4.27. The number of aromatic nitrogens is 2. The first-order chi connectivity index (χ1) is 8.97. The van der Waals surface area contributed by atoms with Crippen molar-refractivity contribution in [2.75, 3.05) is 0 Å². The molecule has 0 aliphatic carbocycles. The Morgan fingerprint density at radius 2 is 2.16 bits per heavy atom. The van der Waals surface area contributed by atoms with Crippen LogP contribution in [0.3, 0.4) is 0 Å². The van der Waals surface area contributed by atoms with Crippen LogP contribution in [0.5, 0.6) is 0 Å². The standard InChI is InChI=1S/C13H15BrFN3O/c1-7(2)5-11(16)13-17-12(18-19-13)9-4-3-8(15)6-10(9)14/h3-4,6-7,11H,5,16H2,1-2H3/t11-/m1/s1. The lowest BCUT2D eigenvalue weighted by Gasteiger charge is -2.08. The fourth-order valence-corrected chi connectivity index (χ4v) is 2.30. The van der Waals surface area contributed by atoms with E-state index in [1.165, 1.54) is 12.1 Å². The van der Waals surface area contributed by atoms with E-state index in [1.54, 1.807) is 6.07 Å². The molecule has 0 aliphatic heterocycles. The van der Waals surface area contributed by atoms with Crippen LogP contribution in [0.1, 0.15) is 32.2 Å². The molecular formula is C13H15BrFN3O. The fourth-order valence-electron chi connectivity index (χ4n) is 1.77. The highest BCUT2D eigenvalue weighted by atomic mass is 79.9. The molecule has 1 heterocycles. The highest BCUT2D eigenvalue weighted by Crippen LogP contribution is 2.28. The van der Waals surface area contributed by atoms with E-state index in [-0.39, 0.29) is 11.9 Å². The smallest absolute Gasteiger partial charge is 0.243 e. The molecule has 1 atom stereocenters. The first kappa shape index (κ1) is 14.1. The minimum absolute atomic E-state index is 0.277. The molecule has 0 unspecified atom stereocenters. The van der Waals surface area contributed by atoms with Crippen LogP contribution in [0.15, 0.2) is 27.2 Å². The normalized spacial score (nSPS) is 12.9. The SMILES string of the molecule is CC(C)C[C@@H](N)c1nc(-c2ccc(F)cc2Br)no1. The third-order valence-electron chi connectivity index (χ3n) is 2.66. The van der Waals surface area contributed by atoms with Gasteiger partial charge in [-0.05, 0) is 46.5 Å². The van der Waals surface area contributed by atoms with Crippen molar-refractivity contribution in [2.24, 2.45) is 11.7 Å². The van der Waals surface area contributed by atoms with Crippen molar-refractivity contribution in [2.45, 2.75) is 26.3 Å². The molecule has 102 valence electrons. The highest BCUT2D eigenvalue weighted by Gasteiger charge is 2.18. The van der Waals surface area contributed by atoms with Gasteiger partial charge in [-0.15, -0.1) is 0 Å². The molecule has 19 heavy (non-hydrogen) atoms. The van der Waals surface area contributed by atoms with E-state index in [0.29, 0.717) is 27.7 Å². The predicted molar refractivity (Wildman–Crippen MR) is 73.8 cm³/mol. The number of rotatable bonds is 4. The number of halogens is 2. The van der Waals surface area contributed by atoms with Gasteiger partial charge >= 0.3 is 0 Å². The lowest BCUT2D eigenvalue weighted by Crippen LogP contribution is -2.13. The van der Waals surface area contributed by atoms with E-state index < -0.39 is 0 Å². The molecule has 0 fully saturated rings. The lowest BCUT2D eigenvalue weighted by molar-refractivity contribution is 0.335. The molecule has 6 heteroatoms. The molecule has 1 aromatic carbocycles. The maximum absolute atomic E-state index is 13.0. The summed E-state index contributed by atoms with van der Waals surface area (Å²) in [5, 5.41) is 3.89. The molecule has 0 aliphatic rings. The fraction of sp³-hybridized carbons (Fsp3) is 0.385. The first-order valence-corrected chi connectivity index (χ1v) is 6.81. The van der Waals surface area contributed by atoms with Crippen molar-refractivity contribution in [1.82, 2.24) is 10.1 Å². The average molecular weight is 328 g/mol. The summed E-state index contributed by atoms with van der Waals surface area (Å²) < 4.78 is 18.8. The maximum atomic E-state index is 13.0. The van der Waals surface area contributed by atoms with E-state index >= 15 is 0 Å². The molecule has 2 rings (SSSR count). The van der Waals surface area contributed by atoms with Gasteiger partial charge in [-0.2, -0.15) is 4.98 Å². The zero-order valence-electron chi connectivity index (χ0n) is 10.7. The summed E-state index contributed by atoms with van der Waals surface area (Å²) >= 11 is 3.28. The molecule has 0 radical (unpaired) electrons.